The predicted molar refractivity (Wildman–Crippen MR) is 125 cm³/mol. The molecule has 1 aliphatic heterocycles. The summed E-state index contributed by atoms with van der Waals surface area (Å²) in [5.41, 5.74) is -5.70. The van der Waals surface area contributed by atoms with Crippen molar-refractivity contribution in [3.63, 3.8) is 0 Å². The number of fused-ring (bicyclic) bond motifs is 1. The van der Waals surface area contributed by atoms with Gasteiger partial charge in [-0.1, -0.05) is 29.8 Å². The van der Waals surface area contributed by atoms with E-state index < -0.39 is 29.4 Å². The molecule has 14 heteroatoms. The SMILES string of the molecule is O=C(Nc1ccc(C(O)(C(F)(F)F)C(F)(F)F)cc1)c1cccc2c1OCCN2c1ncc(CO)cc1Cl. The summed E-state index contributed by atoms with van der Waals surface area (Å²) in [6, 6.07) is 8.63. The molecule has 202 valence electrons. The zero-order valence-electron chi connectivity index (χ0n) is 19.1. The highest BCUT2D eigenvalue weighted by molar-refractivity contribution is 6.33. The summed E-state index contributed by atoms with van der Waals surface area (Å²) in [4.78, 5) is 19.0. The Labute approximate surface area is 216 Å². The minimum atomic E-state index is -6.03. The number of hydrogen-bond donors (Lipinski definition) is 3. The molecule has 1 aliphatic rings. The Kier molecular flexibility index (Phi) is 7.21. The fraction of sp³-hybridized carbons (Fsp3) is 0.250. The van der Waals surface area contributed by atoms with Crippen LogP contribution >= 0.6 is 11.6 Å². The lowest BCUT2D eigenvalue weighted by Gasteiger charge is -2.32. The molecule has 1 aromatic heterocycles. The molecule has 0 unspecified atom stereocenters. The molecule has 1 amide bonds. The number of carbonyl (C=O) groups excluding carboxylic acids is 1. The molecule has 0 radical (unpaired) electrons. The Bertz CT molecular complexity index is 1330. The first-order valence-corrected chi connectivity index (χ1v) is 11.2. The van der Waals surface area contributed by atoms with Gasteiger partial charge in [0.2, 0.25) is 0 Å². The molecular weight excluding hydrogens is 544 g/mol. The summed E-state index contributed by atoms with van der Waals surface area (Å²) in [5, 5.41) is 21.4. The van der Waals surface area contributed by atoms with E-state index in [0.717, 1.165) is 12.1 Å². The lowest BCUT2D eigenvalue weighted by molar-refractivity contribution is -0.376. The number of nitrogens with one attached hydrogen (secondary N) is 1. The van der Waals surface area contributed by atoms with Crippen molar-refractivity contribution in [2.45, 2.75) is 24.6 Å². The van der Waals surface area contributed by atoms with Crippen LogP contribution in [0.25, 0.3) is 0 Å². The number of carbonyl (C=O) groups is 1. The number of nitrogens with zero attached hydrogens (tertiary/aromatic N) is 2. The number of hydrogen-bond acceptors (Lipinski definition) is 6. The van der Waals surface area contributed by atoms with Crippen LogP contribution in [-0.4, -0.2) is 46.6 Å². The van der Waals surface area contributed by atoms with E-state index >= 15 is 0 Å². The van der Waals surface area contributed by atoms with Gasteiger partial charge < -0.3 is 25.2 Å². The van der Waals surface area contributed by atoms with Crippen molar-refractivity contribution in [2.24, 2.45) is 0 Å². The summed E-state index contributed by atoms with van der Waals surface area (Å²) >= 11 is 6.32. The van der Waals surface area contributed by atoms with Gasteiger partial charge in [0.25, 0.3) is 11.5 Å². The first kappa shape index (κ1) is 27.5. The zero-order valence-corrected chi connectivity index (χ0v) is 19.8. The second-order valence-corrected chi connectivity index (χ2v) is 8.61. The van der Waals surface area contributed by atoms with Crippen molar-refractivity contribution in [3.8, 4) is 5.75 Å². The molecule has 0 saturated heterocycles. The van der Waals surface area contributed by atoms with Crippen molar-refractivity contribution in [1.29, 1.82) is 0 Å². The van der Waals surface area contributed by atoms with Crippen LogP contribution in [0.1, 0.15) is 21.5 Å². The van der Waals surface area contributed by atoms with Crippen LogP contribution < -0.4 is 15.0 Å². The summed E-state index contributed by atoms with van der Waals surface area (Å²) in [6.45, 7) is 0.203. The largest absolute Gasteiger partial charge is 0.489 e. The first-order chi connectivity index (χ1) is 17.8. The molecule has 0 saturated carbocycles. The van der Waals surface area contributed by atoms with Gasteiger partial charge in [0.05, 0.1) is 29.4 Å². The van der Waals surface area contributed by atoms with Gasteiger partial charge in [-0.25, -0.2) is 4.98 Å². The number of benzene rings is 2. The number of ether oxygens (including phenoxy) is 1. The lowest BCUT2D eigenvalue weighted by Crippen LogP contribution is -2.53. The van der Waals surface area contributed by atoms with E-state index in [1.807, 2.05) is 0 Å². The summed E-state index contributed by atoms with van der Waals surface area (Å²) in [7, 11) is 0. The van der Waals surface area contributed by atoms with Gasteiger partial charge in [-0.15, -0.1) is 0 Å². The summed E-state index contributed by atoms with van der Waals surface area (Å²) < 4.78 is 84.4. The molecule has 7 nitrogen and oxygen atoms in total. The van der Waals surface area contributed by atoms with Gasteiger partial charge >= 0.3 is 12.4 Å². The maximum Gasteiger partial charge on any atom is 0.430 e. The van der Waals surface area contributed by atoms with Crippen molar-refractivity contribution in [2.75, 3.05) is 23.4 Å². The number of anilines is 3. The van der Waals surface area contributed by atoms with E-state index in [4.69, 9.17) is 16.3 Å². The van der Waals surface area contributed by atoms with Gasteiger partial charge in [-0.05, 0) is 35.9 Å². The van der Waals surface area contributed by atoms with Gasteiger partial charge in [-0.3, -0.25) is 4.79 Å². The maximum atomic E-state index is 13.1. The molecule has 3 N–H and O–H groups in total. The summed E-state index contributed by atoms with van der Waals surface area (Å²) in [5.74, 6) is -0.253. The van der Waals surface area contributed by atoms with E-state index in [9.17, 15) is 41.4 Å². The monoisotopic (exact) mass is 561 g/mol. The molecule has 0 bridgehead atoms. The number of alkyl halides is 6. The van der Waals surface area contributed by atoms with Gasteiger partial charge in [0, 0.05) is 17.4 Å². The number of halogens is 7. The number of amides is 1. The van der Waals surface area contributed by atoms with Crippen LogP contribution in [-0.2, 0) is 12.2 Å². The molecule has 38 heavy (non-hydrogen) atoms. The number of aliphatic hydroxyl groups excluding tert-OH is 1. The first-order valence-electron chi connectivity index (χ1n) is 10.8. The molecular formula is C24H18ClF6N3O4. The third-order valence-electron chi connectivity index (χ3n) is 5.79. The minimum absolute atomic E-state index is 0.0291. The molecule has 0 atom stereocenters. The molecule has 2 heterocycles. The Morgan fingerprint density at radius 2 is 1.74 bits per heavy atom. The predicted octanol–water partition coefficient (Wildman–Crippen LogP) is 5.32. The molecule has 0 fully saturated rings. The standard InChI is InChI=1S/C24H18ClF6N3O4/c25-17-10-13(12-35)11-32-20(17)34-8-9-38-19-16(2-1-3-18(19)34)21(36)33-15-6-4-14(5-7-15)22(37,23(26,27)28)24(29,30)31/h1-7,10-11,35,37H,8-9,12H2,(H,33,36). The molecule has 0 aliphatic carbocycles. The van der Waals surface area contributed by atoms with Crippen LogP contribution in [0.5, 0.6) is 5.75 Å². The highest BCUT2D eigenvalue weighted by atomic mass is 35.5. The van der Waals surface area contributed by atoms with Crippen LogP contribution in [0.2, 0.25) is 5.02 Å². The highest BCUT2D eigenvalue weighted by Gasteiger charge is 2.71. The Morgan fingerprint density at radius 1 is 1.08 bits per heavy atom. The number of para-hydroxylation sites is 1. The van der Waals surface area contributed by atoms with Crippen molar-refractivity contribution in [3.05, 3.63) is 76.4 Å². The highest BCUT2D eigenvalue weighted by Crippen LogP contribution is 2.50. The van der Waals surface area contributed by atoms with Crippen LogP contribution in [0.3, 0.4) is 0 Å². The minimum Gasteiger partial charge on any atom is -0.489 e. The van der Waals surface area contributed by atoms with Crippen LogP contribution in [0.15, 0.2) is 54.7 Å². The summed E-state index contributed by atoms with van der Waals surface area (Å²) in [6.07, 6.45) is -10.6. The topological polar surface area (TPSA) is 94.9 Å². The average molecular weight is 562 g/mol. The number of rotatable bonds is 5. The fourth-order valence-electron chi connectivity index (χ4n) is 3.88. The zero-order chi connectivity index (χ0) is 27.9. The molecule has 3 aromatic rings. The molecule has 0 spiro atoms. The van der Waals surface area contributed by atoms with Crippen molar-refractivity contribution < 1.29 is 46.1 Å². The van der Waals surface area contributed by atoms with Gasteiger partial charge in [0.15, 0.2) is 11.6 Å². The number of pyridine rings is 1. The van der Waals surface area contributed by atoms with Crippen molar-refractivity contribution in [1.82, 2.24) is 4.98 Å². The maximum absolute atomic E-state index is 13.1. The normalized spacial score (nSPS) is 14.1. The average Bonchev–Trinajstić information content (AvgIpc) is 2.86. The third-order valence-corrected chi connectivity index (χ3v) is 6.07. The third kappa shape index (κ3) is 4.84. The van der Waals surface area contributed by atoms with Crippen LogP contribution in [0.4, 0.5) is 43.5 Å². The van der Waals surface area contributed by atoms with Crippen molar-refractivity contribution >= 4 is 34.7 Å². The van der Waals surface area contributed by atoms with Crippen LogP contribution in [0, 0.1) is 0 Å². The second kappa shape index (κ2) is 9.97. The number of aromatic nitrogens is 1. The Hall–Kier alpha value is -3.55. The quantitative estimate of drug-likeness (QED) is 0.365. The number of aliphatic hydroxyl groups is 2. The van der Waals surface area contributed by atoms with E-state index in [-0.39, 0.29) is 35.2 Å². The smallest absolute Gasteiger partial charge is 0.430 e. The molecule has 4 rings (SSSR count). The molecule has 2 aromatic carbocycles. The lowest BCUT2D eigenvalue weighted by atomic mass is 9.92. The van der Waals surface area contributed by atoms with Gasteiger partial charge in [-0.2, -0.15) is 26.3 Å². The van der Waals surface area contributed by atoms with E-state index in [1.54, 1.807) is 17.0 Å². The van der Waals surface area contributed by atoms with E-state index in [1.165, 1.54) is 18.3 Å². The fourth-order valence-corrected chi connectivity index (χ4v) is 4.17. The van der Waals surface area contributed by atoms with E-state index in [2.05, 4.69) is 10.3 Å². The second-order valence-electron chi connectivity index (χ2n) is 8.20. The van der Waals surface area contributed by atoms with Gasteiger partial charge in [0.1, 0.15) is 6.61 Å². The van der Waals surface area contributed by atoms with E-state index in [0.29, 0.717) is 35.7 Å². The Balaban J connectivity index is 1.61. The Morgan fingerprint density at radius 3 is 2.32 bits per heavy atom.